The molecule has 0 radical (unpaired) electrons. The van der Waals surface area contributed by atoms with Gasteiger partial charge in [0, 0.05) is 13.1 Å². The molecule has 1 aliphatic heterocycles. The fraction of sp³-hybridized carbons (Fsp3) is 1.00. The molecule has 0 aromatic carbocycles. The molecule has 0 aromatic rings. The lowest BCUT2D eigenvalue weighted by Gasteiger charge is -2.28. The van der Waals surface area contributed by atoms with E-state index in [9.17, 15) is 0 Å². The maximum Gasteiger partial charge on any atom is 0.0983 e. The molecule has 0 saturated carbocycles. The number of ether oxygens (including phenoxy) is 1. The molecule has 0 unspecified atom stereocenters. The molecule has 0 spiro atoms. The molecule has 0 aliphatic carbocycles. The van der Waals surface area contributed by atoms with Crippen LogP contribution in [0.4, 0.5) is 0 Å². The molecule has 2 nitrogen and oxygen atoms in total. The molecule has 10 heavy (non-hydrogen) atoms. The molecule has 0 atom stereocenters. The molecule has 0 aromatic heterocycles. The van der Waals surface area contributed by atoms with Crippen molar-refractivity contribution in [3.05, 3.63) is 0 Å². The number of halogens is 1. The minimum Gasteiger partial charge on any atom is -0.368 e. The standard InChI is InChI=1S/C7H14INO/c1-9-4-2-7(3-5-9)10-6-8/h7H,2-6H2,1H3. The summed E-state index contributed by atoms with van der Waals surface area (Å²) in [6.07, 6.45) is 2.95. The van der Waals surface area contributed by atoms with Crippen LogP contribution in [0.15, 0.2) is 0 Å². The van der Waals surface area contributed by atoms with Crippen molar-refractivity contribution in [2.24, 2.45) is 0 Å². The summed E-state index contributed by atoms with van der Waals surface area (Å²) < 4.78 is 6.33. The van der Waals surface area contributed by atoms with Gasteiger partial charge in [-0.3, -0.25) is 0 Å². The molecule has 60 valence electrons. The highest BCUT2D eigenvalue weighted by molar-refractivity contribution is 14.1. The number of likely N-dealkylation sites (tertiary alicyclic amines) is 1. The highest BCUT2D eigenvalue weighted by atomic mass is 127. The van der Waals surface area contributed by atoms with Crippen LogP contribution in [0.1, 0.15) is 12.8 Å². The lowest BCUT2D eigenvalue weighted by atomic mass is 10.1. The SMILES string of the molecule is CN1CCC(OCI)CC1. The van der Waals surface area contributed by atoms with Crippen molar-refractivity contribution in [2.45, 2.75) is 18.9 Å². The minimum atomic E-state index is 0.535. The average Bonchev–Trinajstić information content (AvgIpc) is 1.95. The largest absolute Gasteiger partial charge is 0.368 e. The highest BCUT2D eigenvalue weighted by Gasteiger charge is 2.15. The summed E-state index contributed by atoms with van der Waals surface area (Å²) in [6, 6.07) is 0. The number of hydrogen-bond donors (Lipinski definition) is 0. The molecule has 1 rings (SSSR count). The van der Waals surface area contributed by atoms with Gasteiger partial charge in [0.1, 0.15) is 0 Å². The van der Waals surface area contributed by atoms with Crippen molar-refractivity contribution in [2.75, 3.05) is 24.8 Å². The van der Waals surface area contributed by atoms with E-state index in [0.717, 1.165) is 4.61 Å². The van der Waals surface area contributed by atoms with E-state index in [4.69, 9.17) is 4.74 Å². The van der Waals surface area contributed by atoms with Gasteiger partial charge < -0.3 is 9.64 Å². The van der Waals surface area contributed by atoms with Crippen molar-refractivity contribution in [3.63, 3.8) is 0 Å². The smallest absolute Gasteiger partial charge is 0.0983 e. The van der Waals surface area contributed by atoms with Crippen LogP contribution >= 0.6 is 22.6 Å². The Morgan fingerprint density at radius 3 is 2.60 bits per heavy atom. The first kappa shape index (κ1) is 8.74. The lowest BCUT2D eigenvalue weighted by molar-refractivity contribution is 0.0440. The Hall–Kier alpha value is 0.650. The van der Waals surface area contributed by atoms with E-state index in [-0.39, 0.29) is 0 Å². The Morgan fingerprint density at radius 1 is 1.50 bits per heavy atom. The Bertz CT molecular complexity index is 91.6. The van der Waals surface area contributed by atoms with Crippen LogP contribution in [0.25, 0.3) is 0 Å². The van der Waals surface area contributed by atoms with Crippen LogP contribution in [0.2, 0.25) is 0 Å². The van der Waals surface area contributed by atoms with Crippen LogP contribution in [-0.2, 0) is 4.74 Å². The second-order valence-corrected chi connectivity index (χ2v) is 3.40. The zero-order valence-electron chi connectivity index (χ0n) is 6.35. The van der Waals surface area contributed by atoms with Crippen LogP contribution in [0, 0.1) is 0 Å². The first-order valence-electron chi connectivity index (χ1n) is 3.69. The third kappa shape index (κ3) is 2.72. The Balaban J connectivity index is 2.13. The van der Waals surface area contributed by atoms with Gasteiger partial charge in [0.15, 0.2) is 0 Å². The fourth-order valence-electron chi connectivity index (χ4n) is 1.24. The number of hydrogen-bond acceptors (Lipinski definition) is 2. The molecule has 3 heteroatoms. The van der Waals surface area contributed by atoms with E-state index in [0.29, 0.717) is 6.10 Å². The molecular formula is C7H14INO. The third-order valence-corrected chi connectivity index (χ3v) is 2.32. The van der Waals surface area contributed by atoms with Gasteiger partial charge in [-0.2, -0.15) is 0 Å². The quantitative estimate of drug-likeness (QED) is 0.547. The van der Waals surface area contributed by atoms with Gasteiger partial charge >= 0.3 is 0 Å². The first-order chi connectivity index (χ1) is 4.83. The third-order valence-electron chi connectivity index (χ3n) is 1.96. The molecule has 1 saturated heterocycles. The zero-order valence-corrected chi connectivity index (χ0v) is 8.50. The Kier molecular flexibility index (Phi) is 3.95. The predicted octanol–water partition coefficient (Wildman–Crippen LogP) is 1.49. The monoisotopic (exact) mass is 255 g/mol. The second-order valence-electron chi connectivity index (χ2n) is 2.78. The summed E-state index contributed by atoms with van der Waals surface area (Å²) in [5, 5.41) is 0. The van der Waals surface area contributed by atoms with Gasteiger partial charge in [-0.05, 0) is 19.9 Å². The van der Waals surface area contributed by atoms with E-state index < -0.39 is 0 Å². The van der Waals surface area contributed by atoms with Gasteiger partial charge in [0.05, 0.1) is 10.7 Å². The van der Waals surface area contributed by atoms with Gasteiger partial charge in [-0.15, -0.1) is 0 Å². The summed E-state index contributed by atoms with van der Waals surface area (Å²) in [4.78, 5) is 2.35. The Morgan fingerprint density at radius 2 is 2.10 bits per heavy atom. The lowest BCUT2D eigenvalue weighted by Crippen LogP contribution is -2.33. The van der Waals surface area contributed by atoms with Crippen molar-refractivity contribution in [3.8, 4) is 0 Å². The molecular weight excluding hydrogens is 241 g/mol. The predicted molar refractivity (Wildman–Crippen MR) is 50.5 cm³/mol. The molecule has 1 fully saturated rings. The summed E-state index contributed by atoms with van der Waals surface area (Å²) in [7, 11) is 2.17. The van der Waals surface area contributed by atoms with Gasteiger partial charge in [-0.1, -0.05) is 22.6 Å². The number of nitrogens with zero attached hydrogens (tertiary/aromatic N) is 1. The highest BCUT2D eigenvalue weighted by Crippen LogP contribution is 2.12. The van der Waals surface area contributed by atoms with Crippen LogP contribution in [0.5, 0.6) is 0 Å². The second kappa shape index (κ2) is 4.51. The number of alkyl halides is 1. The normalized spacial score (nSPS) is 23.4. The number of rotatable bonds is 2. The molecule has 0 N–H and O–H groups in total. The van der Waals surface area contributed by atoms with Crippen molar-refractivity contribution in [1.82, 2.24) is 4.90 Å². The van der Waals surface area contributed by atoms with E-state index in [1.54, 1.807) is 0 Å². The summed E-state index contributed by atoms with van der Waals surface area (Å²) >= 11 is 2.26. The van der Waals surface area contributed by atoms with Gasteiger partial charge in [0.2, 0.25) is 0 Å². The fourth-order valence-corrected chi connectivity index (χ4v) is 1.75. The van der Waals surface area contributed by atoms with Gasteiger partial charge in [0.25, 0.3) is 0 Å². The molecule has 1 aliphatic rings. The zero-order chi connectivity index (χ0) is 7.40. The summed E-state index contributed by atoms with van der Waals surface area (Å²) in [6.45, 7) is 2.39. The molecule has 0 bridgehead atoms. The van der Waals surface area contributed by atoms with E-state index in [1.165, 1.54) is 25.9 Å². The van der Waals surface area contributed by atoms with E-state index >= 15 is 0 Å². The Labute approximate surface area is 76.1 Å². The van der Waals surface area contributed by atoms with Crippen LogP contribution < -0.4 is 0 Å². The minimum absolute atomic E-state index is 0.535. The van der Waals surface area contributed by atoms with Crippen LogP contribution in [-0.4, -0.2) is 35.8 Å². The maximum absolute atomic E-state index is 5.49. The van der Waals surface area contributed by atoms with Crippen molar-refractivity contribution >= 4 is 22.6 Å². The average molecular weight is 255 g/mol. The van der Waals surface area contributed by atoms with Gasteiger partial charge in [-0.25, -0.2) is 0 Å². The summed E-state index contributed by atoms with van der Waals surface area (Å²) in [5.41, 5.74) is 0. The maximum atomic E-state index is 5.49. The molecule has 0 amide bonds. The van der Waals surface area contributed by atoms with E-state index in [1.807, 2.05) is 0 Å². The van der Waals surface area contributed by atoms with Crippen molar-refractivity contribution in [1.29, 1.82) is 0 Å². The number of piperidine rings is 1. The first-order valence-corrected chi connectivity index (χ1v) is 5.21. The summed E-state index contributed by atoms with van der Waals surface area (Å²) in [5.74, 6) is 0. The van der Waals surface area contributed by atoms with Crippen molar-refractivity contribution < 1.29 is 4.74 Å². The topological polar surface area (TPSA) is 12.5 Å². The van der Waals surface area contributed by atoms with E-state index in [2.05, 4.69) is 34.5 Å². The van der Waals surface area contributed by atoms with Crippen LogP contribution in [0.3, 0.4) is 0 Å². The molecule has 1 heterocycles.